The Labute approximate surface area is 98.6 Å². The molecule has 5 heteroatoms. The lowest BCUT2D eigenvalue weighted by Gasteiger charge is -2.36. The molecule has 1 aromatic carbocycles. The summed E-state index contributed by atoms with van der Waals surface area (Å²) >= 11 is 0. The molecular formula is C12H13NO4. The van der Waals surface area contributed by atoms with E-state index in [0.29, 0.717) is 6.42 Å². The van der Waals surface area contributed by atoms with E-state index in [1.165, 1.54) is 0 Å². The molecule has 0 aliphatic carbocycles. The number of carbonyl (C=O) groups excluding carboxylic acids is 1. The summed E-state index contributed by atoms with van der Waals surface area (Å²) < 4.78 is 5.02. The van der Waals surface area contributed by atoms with Crippen molar-refractivity contribution in [2.45, 2.75) is 12.5 Å². The standard InChI is InChI=1S/C12H13NO4/c1-17-9-4-2-8(3-5-9)6-10-11(14)7-13(10)12(15)16/h2-5,10H,6-7H2,1H3,(H,15,16). The lowest BCUT2D eigenvalue weighted by atomic mass is 9.94. The van der Waals surface area contributed by atoms with Crippen LogP contribution in [0.4, 0.5) is 4.79 Å². The maximum absolute atomic E-state index is 11.3. The molecule has 5 nitrogen and oxygen atoms in total. The van der Waals surface area contributed by atoms with Crippen LogP contribution in [0.3, 0.4) is 0 Å². The van der Waals surface area contributed by atoms with E-state index in [1.54, 1.807) is 19.2 Å². The summed E-state index contributed by atoms with van der Waals surface area (Å²) in [5.41, 5.74) is 0.926. The fourth-order valence-electron chi connectivity index (χ4n) is 1.85. The van der Waals surface area contributed by atoms with Gasteiger partial charge in [-0.3, -0.25) is 9.69 Å². The Kier molecular flexibility index (Phi) is 2.99. The first-order valence-corrected chi connectivity index (χ1v) is 5.27. The van der Waals surface area contributed by atoms with Crippen molar-refractivity contribution in [2.24, 2.45) is 0 Å². The van der Waals surface area contributed by atoms with E-state index in [4.69, 9.17) is 9.84 Å². The van der Waals surface area contributed by atoms with Gasteiger partial charge in [-0.1, -0.05) is 12.1 Å². The van der Waals surface area contributed by atoms with E-state index in [9.17, 15) is 9.59 Å². The van der Waals surface area contributed by atoms with Crippen LogP contribution in [0.15, 0.2) is 24.3 Å². The van der Waals surface area contributed by atoms with Gasteiger partial charge in [-0.25, -0.2) is 4.79 Å². The molecule has 1 atom stereocenters. The molecule has 1 N–H and O–H groups in total. The minimum absolute atomic E-state index is 0.0101. The van der Waals surface area contributed by atoms with Gasteiger partial charge in [-0.15, -0.1) is 0 Å². The van der Waals surface area contributed by atoms with Gasteiger partial charge in [0.05, 0.1) is 13.7 Å². The smallest absolute Gasteiger partial charge is 0.408 e. The molecule has 1 aliphatic heterocycles. The Morgan fingerprint density at radius 3 is 2.59 bits per heavy atom. The summed E-state index contributed by atoms with van der Waals surface area (Å²) in [4.78, 5) is 23.3. The molecule has 17 heavy (non-hydrogen) atoms. The van der Waals surface area contributed by atoms with Gasteiger partial charge in [0.25, 0.3) is 0 Å². The van der Waals surface area contributed by atoms with Crippen molar-refractivity contribution in [1.29, 1.82) is 0 Å². The second-order valence-corrected chi connectivity index (χ2v) is 3.94. The summed E-state index contributed by atoms with van der Waals surface area (Å²) in [6.07, 6.45) is -0.613. The van der Waals surface area contributed by atoms with Crippen molar-refractivity contribution in [3.05, 3.63) is 29.8 Å². The van der Waals surface area contributed by atoms with E-state index in [1.807, 2.05) is 12.1 Å². The van der Waals surface area contributed by atoms with Crippen LogP contribution in [0.2, 0.25) is 0 Å². The largest absolute Gasteiger partial charge is 0.497 e. The molecule has 0 spiro atoms. The average Bonchev–Trinajstić information content (AvgIpc) is 2.33. The molecular weight excluding hydrogens is 222 g/mol. The van der Waals surface area contributed by atoms with Crippen LogP contribution in [0.25, 0.3) is 0 Å². The van der Waals surface area contributed by atoms with Crippen LogP contribution in [-0.4, -0.2) is 41.6 Å². The zero-order valence-electron chi connectivity index (χ0n) is 9.42. The van der Waals surface area contributed by atoms with Gasteiger partial charge < -0.3 is 9.84 Å². The summed E-state index contributed by atoms with van der Waals surface area (Å²) in [7, 11) is 1.58. The fraction of sp³-hybridized carbons (Fsp3) is 0.333. The Hall–Kier alpha value is -2.04. The van der Waals surface area contributed by atoms with E-state index in [-0.39, 0.29) is 12.3 Å². The number of Topliss-reactive ketones (excluding diaryl/α,β-unsaturated/α-hetero) is 1. The van der Waals surface area contributed by atoms with Crippen molar-refractivity contribution >= 4 is 11.9 Å². The van der Waals surface area contributed by atoms with E-state index in [2.05, 4.69) is 0 Å². The lowest BCUT2D eigenvalue weighted by Crippen LogP contribution is -2.59. The maximum atomic E-state index is 11.3. The van der Waals surface area contributed by atoms with E-state index < -0.39 is 12.1 Å². The normalized spacial score (nSPS) is 18.8. The number of ketones is 1. The molecule has 0 aromatic heterocycles. The number of likely N-dealkylation sites (tertiary alicyclic amines) is 1. The molecule has 1 fully saturated rings. The lowest BCUT2D eigenvalue weighted by molar-refractivity contribution is -0.133. The van der Waals surface area contributed by atoms with Crippen LogP contribution >= 0.6 is 0 Å². The third-order valence-corrected chi connectivity index (χ3v) is 2.91. The topological polar surface area (TPSA) is 66.8 Å². The number of ether oxygens (including phenoxy) is 1. The van der Waals surface area contributed by atoms with Gasteiger partial charge in [-0.05, 0) is 17.7 Å². The van der Waals surface area contributed by atoms with E-state index in [0.717, 1.165) is 16.2 Å². The number of carbonyl (C=O) groups is 2. The van der Waals surface area contributed by atoms with Crippen molar-refractivity contribution in [3.63, 3.8) is 0 Å². The maximum Gasteiger partial charge on any atom is 0.408 e. The van der Waals surface area contributed by atoms with Crippen LogP contribution in [0, 0.1) is 0 Å². The van der Waals surface area contributed by atoms with Gasteiger partial charge in [0.2, 0.25) is 0 Å². The van der Waals surface area contributed by atoms with Crippen LogP contribution in [-0.2, 0) is 11.2 Å². The first-order valence-electron chi connectivity index (χ1n) is 5.27. The molecule has 90 valence electrons. The first-order chi connectivity index (χ1) is 8.11. The van der Waals surface area contributed by atoms with Crippen LogP contribution in [0.5, 0.6) is 5.75 Å². The predicted molar refractivity (Wildman–Crippen MR) is 60.2 cm³/mol. The number of hydrogen-bond donors (Lipinski definition) is 1. The number of carboxylic acid groups (broad SMARTS) is 1. The van der Waals surface area contributed by atoms with Gasteiger partial charge in [0.15, 0.2) is 5.78 Å². The zero-order valence-corrected chi connectivity index (χ0v) is 9.42. The minimum Gasteiger partial charge on any atom is -0.497 e. The zero-order chi connectivity index (χ0) is 12.4. The van der Waals surface area contributed by atoms with Crippen molar-refractivity contribution in [2.75, 3.05) is 13.7 Å². The summed E-state index contributed by atoms with van der Waals surface area (Å²) in [6, 6.07) is 6.74. The minimum atomic E-state index is -1.04. The molecule has 1 unspecified atom stereocenters. The molecule has 1 aromatic rings. The summed E-state index contributed by atoms with van der Waals surface area (Å²) in [5.74, 6) is 0.715. The van der Waals surface area contributed by atoms with Gasteiger partial charge in [0, 0.05) is 6.42 Å². The number of nitrogens with zero attached hydrogens (tertiary/aromatic N) is 1. The molecule has 0 radical (unpaired) electrons. The summed E-state index contributed by atoms with van der Waals surface area (Å²) in [5, 5.41) is 8.84. The van der Waals surface area contributed by atoms with Crippen LogP contribution < -0.4 is 4.74 Å². The summed E-state index contributed by atoms with van der Waals surface area (Å²) in [6.45, 7) is 0.0101. The highest BCUT2D eigenvalue weighted by Crippen LogP contribution is 2.20. The van der Waals surface area contributed by atoms with Crippen molar-refractivity contribution in [3.8, 4) is 5.75 Å². The highest BCUT2D eigenvalue weighted by atomic mass is 16.5. The first kappa shape index (κ1) is 11.4. The number of amides is 1. The molecule has 0 saturated carbocycles. The molecule has 1 aliphatic rings. The van der Waals surface area contributed by atoms with Crippen molar-refractivity contribution in [1.82, 2.24) is 4.90 Å². The third kappa shape index (κ3) is 2.22. The Morgan fingerprint density at radius 1 is 1.47 bits per heavy atom. The number of methoxy groups -OCH3 is 1. The Bertz CT molecular complexity index is 440. The van der Waals surface area contributed by atoms with Gasteiger partial charge >= 0.3 is 6.09 Å². The number of rotatable bonds is 3. The van der Waals surface area contributed by atoms with Gasteiger partial charge in [-0.2, -0.15) is 0 Å². The van der Waals surface area contributed by atoms with Gasteiger partial charge in [0.1, 0.15) is 11.8 Å². The Balaban J connectivity index is 2.04. The van der Waals surface area contributed by atoms with Crippen molar-refractivity contribution < 1.29 is 19.4 Å². The molecule has 1 saturated heterocycles. The quantitative estimate of drug-likeness (QED) is 0.854. The number of benzene rings is 1. The third-order valence-electron chi connectivity index (χ3n) is 2.91. The van der Waals surface area contributed by atoms with E-state index >= 15 is 0 Å². The fourth-order valence-corrected chi connectivity index (χ4v) is 1.85. The molecule has 0 bridgehead atoms. The Morgan fingerprint density at radius 2 is 2.12 bits per heavy atom. The number of hydrogen-bond acceptors (Lipinski definition) is 3. The highest BCUT2D eigenvalue weighted by molar-refractivity contribution is 5.97. The SMILES string of the molecule is COc1ccc(CC2C(=O)CN2C(=O)O)cc1. The molecule has 1 amide bonds. The molecule has 1 heterocycles. The average molecular weight is 235 g/mol. The van der Waals surface area contributed by atoms with Crippen LogP contribution in [0.1, 0.15) is 5.56 Å². The monoisotopic (exact) mass is 235 g/mol. The molecule has 2 rings (SSSR count). The predicted octanol–water partition coefficient (Wildman–Crippen LogP) is 1.17. The highest BCUT2D eigenvalue weighted by Gasteiger charge is 2.40. The second kappa shape index (κ2) is 4.45. The second-order valence-electron chi connectivity index (χ2n) is 3.94.